The molecular weight excluding hydrogens is 1190 g/mol. The molecule has 92 heavy (non-hydrogen) atoms. The highest BCUT2D eigenvalue weighted by Gasteiger charge is 2.40. The number of unbranched alkanes of at least 4 members (excludes halogenated alkanes) is 1. The van der Waals surface area contributed by atoms with E-state index in [0.29, 0.717) is 38.6 Å². The Labute approximate surface area is 539 Å². The van der Waals surface area contributed by atoms with Crippen molar-refractivity contribution in [3.63, 3.8) is 0 Å². The summed E-state index contributed by atoms with van der Waals surface area (Å²) in [5, 5.41) is 13.5. The van der Waals surface area contributed by atoms with E-state index in [1.165, 1.54) is 18.7 Å². The number of hydrogen-bond donors (Lipinski definition) is 15. The molecule has 1 aliphatic heterocycles. The van der Waals surface area contributed by atoms with Gasteiger partial charge in [0.2, 0.25) is 53.2 Å². The van der Waals surface area contributed by atoms with Crippen molar-refractivity contribution in [3.05, 3.63) is 0 Å². The minimum Gasteiger partial charge on any atom is -0.370 e. The maximum Gasteiger partial charge on any atom is 0.243 e. The number of nitrogens with two attached hydrogens (primary N) is 10. The second-order valence-electron chi connectivity index (χ2n) is 24.7. The average Bonchev–Trinajstić information content (AvgIpc) is 1.59. The van der Waals surface area contributed by atoms with Crippen LogP contribution in [-0.4, -0.2) is 168 Å². The molecular formula is C60H107N19O13. The van der Waals surface area contributed by atoms with Crippen molar-refractivity contribution in [3.8, 4) is 0 Å². The summed E-state index contributed by atoms with van der Waals surface area (Å²) in [5.41, 5.74) is 55.1. The molecule has 0 aromatic carbocycles. The monoisotopic (exact) mass is 1300 g/mol. The smallest absolute Gasteiger partial charge is 0.243 e. The van der Waals surface area contributed by atoms with Gasteiger partial charge >= 0.3 is 0 Å². The first-order chi connectivity index (χ1) is 43.1. The number of likely N-dealkylation sites (tertiary alicyclic amines) is 1. The minimum absolute atomic E-state index is 0.00169. The molecule has 0 unspecified atom stereocenters. The standard InChI is InChI=1S/C60H107N19O13/c1-32(2)49(45(82)28-35(6)51(64)86)78-54(89)37(15-11-25-72-59(67)68)31-46(83)50(33(3)4)77-52(87)36(7)29-43(80)39(16-8-9-23-61)74-53(88)38(19-21-47(62)84)30-44(81)40(17-12-26-73-60(69)70)75-55(90)41(20-22-48(63)85)76-56(91)42-18-13-27-79(42)57(92)34(5)14-10-24-71-58(65)66/h32-42,49-50H,8-31,61H2,1-7H3,(H2,62,84)(H2,63,85)(H2,64,86)(H,74,88)(H,75,90)(H,76,91)(H,77,87)(H,78,89)(H4,65,66,71)(H4,67,68,72)(H4,69,70,73)/t34-,35+,36+,37+,38+,39-,40-,41-,42-,49-,50-/m0/s1. The van der Waals surface area contributed by atoms with Gasteiger partial charge in [-0.3, -0.25) is 77.3 Å². The molecule has 32 nitrogen and oxygen atoms in total. The van der Waals surface area contributed by atoms with E-state index in [1.807, 2.05) is 0 Å². The average molecular weight is 1300 g/mol. The van der Waals surface area contributed by atoms with Crippen LogP contribution in [0.5, 0.6) is 0 Å². The number of primary amides is 3. The molecule has 32 heteroatoms. The topological polar surface area (TPSA) is 583 Å². The molecule has 0 radical (unpaired) electrons. The van der Waals surface area contributed by atoms with Crippen LogP contribution in [0.2, 0.25) is 0 Å². The van der Waals surface area contributed by atoms with Crippen LogP contribution in [0.25, 0.3) is 0 Å². The first-order valence-corrected chi connectivity index (χ1v) is 31.8. The molecule has 0 aromatic heterocycles. The number of amides is 9. The van der Waals surface area contributed by atoms with E-state index >= 15 is 0 Å². The minimum atomic E-state index is -1.45. The Hall–Kier alpha value is -8.32. The lowest BCUT2D eigenvalue weighted by Gasteiger charge is -2.29. The fourth-order valence-corrected chi connectivity index (χ4v) is 10.5. The van der Waals surface area contributed by atoms with E-state index < -0.39 is 161 Å². The number of guanidine groups is 3. The second kappa shape index (κ2) is 42.7. The third-order valence-electron chi connectivity index (χ3n) is 15.9. The van der Waals surface area contributed by atoms with Crippen LogP contribution in [0.15, 0.2) is 15.0 Å². The molecule has 0 aromatic rings. The van der Waals surface area contributed by atoms with E-state index in [2.05, 4.69) is 41.6 Å². The highest BCUT2D eigenvalue weighted by Crippen LogP contribution is 2.24. The predicted molar refractivity (Wildman–Crippen MR) is 346 cm³/mol. The van der Waals surface area contributed by atoms with Crippen molar-refractivity contribution >= 4 is 94.2 Å². The van der Waals surface area contributed by atoms with Crippen molar-refractivity contribution in [2.24, 2.45) is 114 Å². The second-order valence-corrected chi connectivity index (χ2v) is 24.7. The van der Waals surface area contributed by atoms with E-state index in [1.54, 1.807) is 34.6 Å². The molecule has 0 spiro atoms. The summed E-state index contributed by atoms with van der Waals surface area (Å²) < 4.78 is 0. The fourth-order valence-electron chi connectivity index (χ4n) is 10.5. The maximum absolute atomic E-state index is 14.5. The van der Waals surface area contributed by atoms with Gasteiger partial charge in [-0.25, -0.2) is 0 Å². The van der Waals surface area contributed by atoms with Gasteiger partial charge < -0.3 is 88.8 Å². The first kappa shape index (κ1) is 81.7. The van der Waals surface area contributed by atoms with Gasteiger partial charge in [-0.05, 0) is 102 Å². The molecule has 1 heterocycles. The van der Waals surface area contributed by atoms with Crippen molar-refractivity contribution in [1.29, 1.82) is 0 Å². The van der Waals surface area contributed by atoms with E-state index in [0.717, 1.165) is 0 Å². The lowest BCUT2D eigenvalue weighted by molar-refractivity contribution is -0.142. The van der Waals surface area contributed by atoms with Crippen LogP contribution in [-0.2, 0) is 62.3 Å². The fraction of sp³-hybridized carbons (Fsp3) is 0.733. The predicted octanol–water partition coefficient (Wildman–Crippen LogP) is -3.00. The van der Waals surface area contributed by atoms with E-state index in [4.69, 9.17) is 57.3 Å². The van der Waals surface area contributed by atoms with Crippen molar-refractivity contribution in [1.82, 2.24) is 31.5 Å². The van der Waals surface area contributed by atoms with E-state index in [9.17, 15) is 62.3 Å². The Morgan fingerprint density at radius 1 is 0.435 bits per heavy atom. The van der Waals surface area contributed by atoms with Crippen LogP contribution in [0.4, 0.5) is 0 Å². The third kappa shape index (κ3) is 31.6. The summed E-state index contributed by atoms with van der Waals surface area (Å²) in [5.74, 6) is -14.9. The molecule has 1 saturated heterocycles. The molecule has 0 bridgehead atoms. The molecule has 9 amide bonds. The normalized spacial score (nSPS) is 16.1. The number of Topliss-reactive ketones (excluding diaryl/α,β-unsaturated/α-hetero) is 4. The number of carbonyl (C=O) groups excluding carboxylic acids is 13. The molecule has 1 fully saturated rings. The quantitative estimate of drug-likeness (QED) is 0.0164. The summed E-state index contributed by atoms with van der Waals surface area (Å²) in [6.07, 6.45) is -0.234. The third-order valence-corrected chi connectivity index (χ3v) is 15.9. The Morgan fingerprint density at radius 2 is 0.870 bits per heavy atom. The van der Waals surface area contributed by atoms with Gasteiger partial charge in [0.25, 0.3) is 0 Å². The highest BCUT2D eigenvalue weighted by molar-refractivity contribution is 5.99. The van der Waals surface area contributed by atoms with Crippen LogP contribution in [0, 0.1) is 41.4 Å². The number of nitrogens with one attached hydrogen (secondary N) is 5. The first-order valence-electron chi connectivity index (χ1n) is 31.8. The van der Waals surface area contributed by atoms with Gasteiger partial charge in [0.15, 0.2) is 41.0 Å². The highest BCUT2D eigenvalue weighted by atomic mass is 16.2. The lowest BCUT2D eigenvalue weighted by Crippen LogP contribution is -2.56. The zero-order valence-corrected chi connectivity index (χ0v) is 54.8. The van der Waals surface area contributed by atoms with Gasteiger partial charge in [-0.2, -0.15) is 0 Å². The summed E-state index contributed by atoms with van der Waals surface area (Å²) in [6.45, 7) is 12.3. The summed E-state index contributed by atoms with van der Waals surface area (Å²) in [6, 6.07) is -7.26. The van der Waals surface area contributed by atoms with Gasteiger partial charge in [-0.1, -0.05) is 48.5 Å². The number of aliphatic imine (C=N–C) groups is 3. The largest absolute Gasteiger partial charge is 0.370 e. The lowest BCUT2D eigenvalue weighted by atomic mass is 9.87. The van der Waals surface area contributed by atoms with Crippen LogP contribution < -0.4 is 83.9 Å². The van der Waals surface area contributed by atoms with Gasteiger partial charge in [0.05, 0.1) is 24.2 Å². The summed E-state index contributed by atoms with van der Waals surface area (Å²) >= 11 is 0. The van der Waals surface area contributed by atoms with E-state index in [-0.39, 0.29) is 127 Å². The molecule has 0 saturated carbocycles. The SMILES string of the molecule is CC(C)[C@H](NC(=O)[C@H](CCCN=C(N)N)CC(=O)[C@@H](NC(=O)[C@H](C)CC(=O)[C@H](CCCCN)NC(=O)[C@H](CCC(N)=O)CC(=O)[C@H](CCCN=C(N)N)NC(=O)[C@H](CCC(N)=O)NC(=O)[C@@H]1CCCN1C(=O)[C@@H](C)CCCN=C(N)N)C(C)C)C(=O)C[C@@H](C)C(N)=O. The maximum atomic E-state index is 14.5. The molecule has 25 N–H and O–H groups in total. The Kier molecular flexibility index (Phi) is 37.9. The van der Waals surface area contributed by atoms with Gasteiger partial charge in [0, 0.05) is 94.3 Å². The van der Waals surface area contributed by atoms with Crippen LogP contribution in [0.1, 0.15) is 170 Å². The summed E-state index contributed by atoms with van der Waals surface area (Å²) in [4.78, 5) is 190. The van der Waals surface area contributed by atoms with Crippen LogP contribution in [0.3, 0.4) is 0 Å². The number of nitrogens with zero attached hydrogens (tertiary/aromatic N) is 4. The van der Waals surface area contributed by atoms with Crippen molar-refractivity contribution < 1.29 is 62.3 Å². The van der Waals surface area contributed by atoms with Crippen molar-refractivity contribution in [2.75, 3.05) is 32.7 Å². The molecule has 520 valence electrons. The summed E-state index contributed by atoms with van der Waals surface area (Å²) in [7, 11) is 0. The van der Waals surface area contributed by atoms with Gasteiger partial charge in [-0.15, -0.1) is 0 Å². The number of ketones is 4. The zero-order valence-electron chi connectivity index (χ0n) is 54.8. The Morgan fingerprint density at radius 3 is 1.38 bits per heavy atom. The number of hydrogen-bond acceptors (Lipinski definition) is 17. The molecule has 11 atom stereocenters. The number of rotatable bonds is 48. The Bertz CT molecular complexity index is 2600. The Balaban J connectivity index is 3.54. The number of carbonyl (C=O) groups is 13. The molecule has 1 rings (SSSR count). The zero-order chi connectivity index (χ0) is 69.9. The van der Waals surface area contributed by atoms with Crippen molar-refractivity contribution in [2.45, 2.75) is 207 Å². The van der Waals surface area contributed by atoms with Crippen LogP contribution >= 0.6 is 0 Å². The molecule has 0 aliphatic carbocycles. The van der Waals surface area contributed by atoms with Gasteiger partial charge in [0.1, 0.15) is 12.1 Å². The molecule has 1 aliphatic rings.